The summed E-state index contributed by atoms with van der Waals surface area (Å²) in [7, 11) is 0. The van der Waals surface area contributed by atoms with Gasteiger partial charge in [0.2, 0.25) is 23.6 Å². The molecular weight excluding hydrogens is 484 g/mol. The summed E-state index contributed by atoms with van der Waals surface area (Å²) >= 11 is 0. The van der Waals surface area contributed by atoms with Crippen LogP contribution in [0.15, 0.2) is 4.99 Å². The van der Waals surface area contributed by atoms with Gasteiger partial charge in [-0.05, 0) is 26.2 Å². The Bertz CT molecular complexity index is 845. The number of carbonyl (C=O) groups is 6. The van der Waals surface area contributed by atoms with Crippen LogP contribution in [0.1, 0.15) is 39.0 Å². The first kappa shape index (κ1) is 32.0. The summed E-state index contributed by atoms with van der Waals surface area (Å²) in [5.74, 6) is -7.02. The third-order valence-corrected chi connectivity index (χ3v) is 4.67. The molecule has 4 amide bonds. The minimum Gasteiger partial charge on any atom is -0.481 e. The maximum atomic E-state index is 12.7. The average Bonchev–Trinajstić information content (AvgIpc) is 2.75. The fourth-order valence-electron chi connectivity index (χ4n) is 2.77. The zero-order valence-electron chi connectivity index (χ0n) is 19.7. The fraction of sp³-hybridized carbons (Fsp3) is 0.632. The largest absolute Gasteiger partial charge is 0.481 e. The minimum absolute atomic E-state index is 0.0780. The number of aliphatic hydroxyl groups is 1. The number of carbonyl (C=O) groups excluding carboxylic acids is 4. The van der Waals surface area contributed by atoms with E-state index in [9.17, 15) is 39.0 Å². The Morgan fingerprint density at radius 2 is 1.44 bits per heavy atom. The standard InChI is InChI=1S/C19H34N8O9/c1-8(28)14(27-15(32)9(20)4-5-12(21)29)17(34)26-11(7-13(30)31)16(33)25-10(18(35)36)3-2-6-24-19(22)23/h8-11,14,28H,2-7,20H2,1H3,(H2,21,29)(H,25,33)(H,26,34)(H,27,32)(H,30,31)(H,35,36)(H4,22,23,24). The van der Waals surface area contributed by atoms with Crippen molar-refractivity contribution in [2.45, 2.75) is 69.3 Å². The Morgan fingerprint density at radius 3 is 1.92 bits per heavy atom. The van der Waals surface area contributed by atoms with E-state index < -0.39 is 72.3 Å². The Kier molecular flexibility index (Phi) is 14.1. The molecule has 0 bridgehead atoms. The predicted molar refractivity (Wildman–Crippen MR) is 124 cm³/mol. The number of rotatable bonds is 17. The number of hydrogen-bond donors (Lipinski definition) is 10. The van der Waals surface area contributed by atoms with Crippen LogP contribution in [0.4, 0.5) is 0 Å². The van der Waals surface area contributed by atoms with Gasteiger partial charge >= 0.3 is 11.9 Å². The molecular formula is C19H34N8O9. The van der Waals surface area contributed by atoms with Crippen molar-refractivity contribution < 1.29 is 44.1 Å². The van der Waals surface area contributed by atoms with E-state index in [1.54, 1.807) is 0 Å². The topological polar surface area (TPSA) is 316 Å². The highest BCUT2D eigenvalue weighted by Gasteiger charge is 2.33. The van der Waals surface area contributed by atoms with Gasteiger partial charge in [0.05, 0.1) is 18.6 Å². The van der Waals surface area contributed by atoms with Gasteiger partial charge in [-0.1, -0.05) is 0 Å². The van der Waals surface area contributed by atoms with Crippen molar-refractivity contribution in [2.24, 2.45) is 27.9 Å². The number of nitrogens with zero attached hydrogens (tertiary/aromatic N) is 1. The van der Waals surface area contributed by atoms with Gasteiger partial charge in [0.15, 0.2) is 5.96 Å². The Morgan fingerprint density at radius 1 is 0.861 bits per heavy atom. The SMILES string of the molecule is CC(O)C(NC(=O)C(N)CCC(N)=O)C(=O)NC(CC(=O)O)C(=O)NC(CCCN=C(N)N)C(=O)O. The van der Waals surface area contributed by atoms with E-state index in [-0.39, 0.29) is 38.2 Å². The monoisotopic (exact) mass is 518 g/mol. The van der Waals surface area contributed by atoms with Crippen molar-refractivity contribution in [3.05, 3.63) is 0 Å². The van der Waals surface area contributed by atoms with Crippen molar-refractivity contribution in [2.75, 3.05) is 6.54 Å². The van der Waals surface area contributed by atoms with E-state index in [4.69, 9.17) is 28.0 Å². The lowest BCUT2D eigenvalue weighted by atomic mass is 10.1. The number of hydrogen-bond acceptors (Lipinski definition) is 9. The Balaban J connectivity index is 5.40. The van der Waals surface area contributed by atoms with E-state index in [1.165, 1.54) is 0 Å². The molecule has 14 N–H and O–H groups in total. The smallest absolute Gasteiger partial charge is 0.326 e. The molecule has 17 heteroatoms. The second-order valence-corrected chi connectivity index (χ2v) is 7.85. The number of nitrogens with one attached hydrogen (secondary N) is 3. The Labute approximate surface area is 206 Å². The minimum atomic E-state index is -1.75. The van der Waals surface area contributed by atoms with Gasteiger partial charge in [0.25, 0.3) is 0 Å². The maximum Gasteiger partial charge on any atom is 0.326 e. The van der Waals surface area contributed by atoms with Gasteiger partial charge in [0.1, 0.15) is 18.1 Å². The first-order valence-electron chi connectivity index (χ1n) is 10.8. The molecule has 0 fully saturated rings. The van der Waals surface area contributed by atoms with Crippen molar-refractivity contribution in [3.63, 3.8) is 0 Å². The number of aliphatic imine (C=N–C) groups is 1. The number of aliphatic carboxylic acids is 2. The molecule has 0 heterocycles. The second kappa shape index (κ2) is 15.8. The summed E-state index contributed by atoms with van der Waals surface area (Å²) in [6.07, 6.45) is -2.74. The van der Waals surface area contributed by atoms with Crippen LogP contribution >= 0.6 is 0 Å². The van der Waals surface area contributed by atoms with Crippen LogP contribution in [0, 0.1) is 0 Å². The zero-order chi connectivity index (χ0) is 28.0. The molecule has 0 radical (unpaired) electrons. The van der Waals surface area contributed by atoms with Crippen LogP contribution in [-0.4, -0.2) is 93.7 Å². The van der Waals surface area contributed by atoms with Gasteiger partial charge in [-0.3, -0.25) is 29.0 Å². The molecule has 0 aliphatic carbocycles. The summed E-state index contributed by atoms with van der Waals surface area (Å²) in [5.41, 5.74) is 21.0. The lowest BCUT2D eigenvalue weighted by Crippen LogP contribution is -2.60. The molecule has 0 rings (SSSR count). The van der Waals surface area contributed by atoms with Crippen LogP contribution in [0.25, 0.3) is 0 Å². The van der Waals surface area contributed by atoms with Crippen molar-refractivity contribution >= 4 is 41.5 Å². The highest BCUT2D eigenvalue weighted by molar-refractivity contribution is 5.95. The van der Waals surface area contributed by atoms with Gasteiger partial charge in [0, 0.05) is 13.0 Å². The maximum absolute atomic E-state index is 12.7. The van der Waals surface area contributed by atoms with Crippen molar-refractivity contribution in [1.82, 2.24) is 16.0 Å². The summed E-state index contributed by atoms with van der Waals surface area (Å²) in [6, 6.07) is -6.11. The lowest BCUT2D eigenvalue weighted by molar-refractivity contribution is -0.144. The van der Waals surface area contributed by atoms with Gasteiger partial charge in [-0.15, -0.1) is 0 Å². The number of carboxylic acid groups (broad SMARTS) is 2. The number of primary amides is 1. The third-order valence-electron chi connectivity index (χ3n) is 4.67. The number of amides is 4. The molecule has 0 aromatic carbocycles. The van der Waals surface area contributed by atoms with Crippen LogP contribution in [0.2, 0.25) is 0 Å². The van der Waals surface area contributed by atoms with Crippen molar-refractivity contribution in [1.29, 1.82) is 0 Å². The normalized spacial score (nSPS) is 14.8. The highest BCUT2D eigenvalue weighted by Crippen LogP contribution is 2.04. The second-order valence-electron chi connectivity index (χ2n) is 7.85. The molecule has 0 spiro atoms. The first-order valence-corrected chi connectivity index (χ1v) is 10.8. The van der Waals surface area contributed by atoms with E-state index in [1.807, 2.05) is 0 Å². The molecule has 0 aromatic rings. The van der Waals surface area contributed by atoms with Crippen LogP contribution in [0.3, 0.4) is 0 Å². The van der Waals surface area contributed by atoms with Crippen LogP contribution in [-0.2, 0) is 28.8 Å². The molecule has 5 unspecified atom stereocenters. The average molecular weight is 519 g/mol. The van der Waals surface area contributed by atoms with E-state index >= 15 is 0 Å². The van der Waals surface area contributed by atoms with E-state index in [0.29, 0.717) is 0 Å². The predicted octanol–water partition coefficient (Wildman–Crippen LogP) is -4.97. The quantitative estimate of drug-likeness (QED) is 0.0491. The van der Waals surface area contributed by atoms with E-state index in [0.717, 1.165) is 6.92 Å². The summed E-state index contributed by atoms with van der Waals surface area (Å²) < 4.78 is 0. The van der Waals surface area contributed by atoms with Crippen molar-refractivity contribution in [3.8, 4) is 0 Å². The molecule has 17 nitrogen and oxygen atoms in total. The molecule has 0 aliphatic heterocycles. The van der Waals surface area contributed by atoms with Crippen LogP contribution < -0.4 is 38.9 Å². The lowest BCUT2D eigenvalue weighted by Gasteiger charge is -2.26. The number of carboxylic acids is 2. The molecule has 0 aliphatic rings. The first-order chi connectivity index (χ1) is 16.6. The molecule has 204 valence electrons. The molecule has 0 aromatic heterocycles. The van der Waals surface area contributed by atoms with Crippen LogP contribution in [0.5, 0.6) is 0 Å². The highest BCUT2D eigenvalue weighted by atomic mass is 16.4. The third kappa shape index (κ3) is 13.0. The van der Waals surface area contributed by atoms with Gasteiger partial charge in [-0.2, -0.15) is 0 Å². The van der Waals surface area contributed by atoms with Gasteiger partial charge in [-0.25, -0.2) is 4.79 Å². The van der Waals surface area contributed by atoms with Gasteiger partial charge < -0.3 is 54.2 Å². The summed E-state index contributed by atoms with van der Waals surface area (Å²) in [4.78, 5) is 74.7. The Hall–Kier alpha value is -3.99. The molecule has 0 saturated carbocycles. The fourth-order valence-corrected chi connectivity index (χ4v) is 2.77. The number of nitrogens with two attached hydrogens (primary N) is 4. The number of guanidine groups is 1. The summed E-state index contributed by atoms with van der Waals surface area (Å²) in [5, 5.41) is 34.8. The number of aliphatic hydroxyl groups excluding tert-OH is 1. The molecule has 5 atom stereocenters. The zero-order valence-corrected chi connectivity index (χ0v) is 19.7. The molecule has 0 saturated heterocycles. The summed E-state index contributed by atoms with van der Waals surface area (Å²) in [6.45, 7) is 1.22. The molecule has 36 heavy (non-hydrogen) atoms. The van der Waals surface area contributed by atoms with E-state index in [2.05, 4.69) is 20.9 Å².